The lowest BCUT2D eigenvalue weighted by Gasteiger charge is -2.47. The number of ether oxygens (including phenoxy) is 4. The molecule has 4 atom stereocenters. The maximum absolute atomic E-state index is 14.6. The molecule has 0 aliphatic carbocycles. The van der Waals surface area contributed by atoms with E-state index >= 15 is 0 Å². The van der Waals surface area contributed by atoms with Crippen molar-refractivity contribution in [2.75, 3.05) is 65.7 Å². The van der Waals surface area contributed by atoms with Crippen molar-refractivity contribution in [2.24, 2.45) is 23.7 Å². The highest BCUT2D eigenvalue weighted by molar-refractivity contribution is 9.10. The molecule has 4 bridgehead atoms. The average Bonchev–Trinajstić information content (AvgIpc) is 4.30. The predicted octanol–water partition coefficient (Wildman–Crippen LogP) is 12.5. The Labute approximate surface area is 487 Å². The summed E-state index contributed by atoms with van der Waals surface area (Å²) < 4.78 is 195. The van der Waals surface area contributed by atoms with E-state index in [0.29, 0.717) is 32.6 Å². The molecular weight excluding hydrogens is 1250 g/mol. The quantitative estimate of drug-likeness (QED) is 0.0562. The molecule has 5 aliphatic rings. The van der Waals surface area contributed by atoms with Crippen LogP contribution in [-0.2, 0) is 18.8 Å². The van der Waals surface area contributed by atoms with E-state index in [1.54, 1.807) is 17.5 Å². The van der Waals surface area contributed by atoms with Gasteiger partial charge in [-0.25, -0.2) is 38.4 Å². The summed E-state index contributed by atoms with van der Waals surface area (Å²) in [5.41, 5.74) is 1.70. The molecule has 11 rings (SSSR count). The first kappa shape index (κ1) is 64.0. The molecule has 31 heteroatoms. The molecule has 0 spiro atoms. The van der Waals surface area contributed by atoms with Gasteiger partial charge < -0.3 is 38.2 Å². The number of benzene rings is 2. The number of likely N-dealkylation sites (tertiary alicyclic amines) is 2. The Morgan fingerprint density at radius 3 is 1.48 bits per heavy atom. The number of rotatable bonds is 10. The number of nitrogens with zero attached hydrogens (tertiary/aromatic N) is 8. The van der Waals surface area contributed by atoms with Gasteiger partial charge in [0.15, 0.2) is 11.4 Å². The zero-order chi connectivity index (χ0) is 59.3. The lowest BCUT2D eigenvalue weighted by molar-refractivity contribution is -0.289. The molecular formula is C52H50BBrF12N8O6PS2-. The van der Waals surface area contributed by atoms with Crippen LogP contribution < -0.4 is 14.9 Å². The zero-order valence-electron chi connectivity index (χ0n) is 44.2. The van der Waals surface area contributed by atoms with Crippen molar-refractivity contribution in [3.8, 4) is 22.9 Å². The van der Waals surface area contributed by atoms with E-state index in [1.165, 1.54) is 53.5 Å². The van der Waals surface area contributed by atoms with Crippen molar-refractivity contribution in [3.05, 3.63) is 98.8 Å². The third-order valence-corrected chi connectivity index (χ3v) is 17.7. The van der Waals surface area contributed by atoms with Crippen LogP contribution in [0.15, 0.2) is 64.3 Å². The molecule has 4 unspecified atom stereocenters. The minimum atomic E-state index is -5.62. The van der Waals surface area contributed by atoms with Crippen LogP contribution in [0.4, 0.5) is 64.1 Å². The van der Waals surface area contributed by atoms with E-state index in [2.05, 4.69) is 45.6 Å². The first-order valence-corrected chi connectivity index (χ1v) is 27.7. The fraction of sp³-hybridized carbons (Fsp3) is 0.500. The molecule has 5 saturated heterocycles. The van der Waals surface area contributed by atoms with Crippen LogP contribution in [-0.4, -0.2) is 150 Å². The van der Waals surface area contributed by atoms with Crippen molar-refractivity contribution in [2.45, 2.75) is 75.3 Å². The number of aromatic nitrogens is 4. The van der Waals surface area contributed by atoms with Crippen LogP contribution >= 0.6 is 48.5 Å². The Kier molecular flexibility index (Phi) is 19.1. The smallest absolute Gasteiger partial charge is 0.497 e. The van der Waals surface area contributed by atoms with Crippen LogP contribution in [0.5, 0.6) is 11.8 Å². The van der Waals surface area contributed by atoms with Gasteiger partial charge in [-0.05, 0) is 55.8 Å². The van der Waals surface area contributed by atoms with E-state index in [1.807, 2.05) is 33.1 Å². The van der Waals surface area contributed by atoms with E-state index in [-0.39, 0.29) is 103 Å². The lowest BCUT2D eigenvalue weighted by atomic mass is 9.78. The summed E-state index contributed by atoms with van der Waals surface area (Å²) >= 11 is 6.05. The molecule has 9 heterocycles. The average molecular weight is 1300 g/mol. The molecule has 14 nitrogen and oxygen atoms in total. The fourth-order valence-electron chi connectivity index (χ4n) is 10.2. The number of piperidine rings is 2. The summed E-state index contributed by atoms with van der Waals surface area (Å²) in [5, 5.41) is 3.56. The molecule has 5 fully saturated rings. The van der Waals surface area contributed by atoms with Gasteiger partial charge in [0.05, 0.1) is 73.9 Å². The van der Waals surface area contributed by atoms with Crippen LogP contribution in [0, 0.1) is 48.5 Å². The van der Waals surface area contributed by atoms with Crippen LogP contribution in [0.2, 0.25) is 0 Å². The molecule has 4 aromatic heterocycles. The van der Waals surface area contributed by atoms with Crippen LogP contribution in [0.3, 0.4) is 0 Å². The van der Waals surface area contributed by atoms with Gasteiger partial charge in [-0.1, -0.05) is 24.3 Å². The predicted molar refractivity (Wildman–Crippen MR) is 292 cm³/mol. The normalized spacial score (nSPS) is 23.4. The second kappa shape index (κ2) is 24.8. The molecule has 0 amide bonds. The third-order valence-electron chi connectivity index (χ3n) is 14.9. The van der Waals surface area contributed by atoms with Crippen molar-refractivity contribution in [1.82, 2.24) is 29.7 Å². The monoisotopic (exact) mass is 1300 g/mol. The number of halogens is 13. The van der Waals surface area contributed by atoms with E-state index in [4.69, 9.17) is 41.4 Å². The summed E-state index contributed by atoms with van der Waals surface area (Å²) in [6.07, 6.45) is -9.42. The molecule has 0 radical (unpaired) electrons. The van der Waals surface area contributed by atoms with E-state index in [0.717, 1.165) is 25.0 Å². The van der Waals surface area contributed by atoms with Crippen molar-refractivity contribution in [3.63, 3.8) is 0 Å². The first-order chi connectivity index (χ1) is 38.5. The minimum absolute atomic E-state index is 0. The van der Waals surface area contributed by atoms with Gasteiger partial charge in [0, 0.05) is 77.2 Å². The lowest BCUT2D eigenvalue weighted by Crippen LogP contribution is -2.60. The largest absolute Gasteiger partial charge is 0.577 e. The van der Waals surface area contributed by atoms with Crippen LogP contribution in [0.25, 0.3) is 41.3 Å². The van der Waals surface area contributed by atoms with Gasteiger partial charge in [0.2, 0.25) is 11.8 Å². The van der Waals surface area contributed by atoms with E-state index < -0.39 is 85.2 Å². The Morgan fingerprint density at radius 2 is 1.05 bits per heavy atom. The molecule has 83 heavy (non-hydrogen) atoms. The van der Waals surface area contributed by atoms with Crippen molar-refractivity contribution >= 4 is 92.9 Å². The number of fused-ring (bicyclic) bond motifs is 6. The molecule has 0 saturated carbocycles. The van der Waals surface area contributed by atoms with Gasteiger partial charge in [-0.3, -0.25) is 9.80 Å². The zero-order valence-corrected chi connectivity index (χ0v) is 48.6. The maximum Gasteiger partial charge on any atom is 0.497 e. The molecule has 0 N–H and O–H groups in total. The van der Waals surface area contributed by atoms with Crippen molar-refractivity contribution < 1.29 is 80.9 Å². The second-order valence-electron chi connectivity index (χ2n) is 21.2. The summed E-state index contributed by atoms with van der Waals surface area (Å²) in [6.45, 7) is 19.5. The Balaban J connectivity index is 0.000000171. The standard InChI is InChI=1S/C23H18F6N4O2S.C16H15BrF5N3O2S.C13H15BFNO2.H2P/c1-30-14-2-3-15(17(24)4-14)16-9-36-20-18(16)31-11-32-21(20)35-19-12-5-33(6-13(19)8-34-7-12)10-22(25,26)23(27,28)29;17-10-5-28-13-11(10)23-7-24-14(13)27-12-8-1-25(2-9(12)4-26-3-8)6-15(18,19)16(20,21)22;1-12(2)13(3,4)18-14(17-12)10-7-6-9(16-5)8-11(10)15;/h2-4,9,11-13,19H,5-8,10H2;5,7-9,12H,1-4,6H2;6-8H,1-4H3;1H2/q;;;-1. The van der Waals surface area contributed by atoms with Crippen LogP contribution in [0.1, 0.15) is 27.7 Å². The third kappa shape index (κ3) is 13.7. The van der Waals surface area contributed by atoms with E-state index in [9.17, 15) is 52.7 Å². The molecule has 6 aromatic rings. The van der Waals surface area contributed by atoms with Gasteiger partial charge in [0.1, 0.15) is 51.4 Å². The number of thiophene rings is 2. The number of hydrogen-bond acceptors (Lipinski definition) is 14. The summed E-state index contributed by atoms with van der Waals surface area (Å²) in [4.78, 5) is 25.5. The van der Waals surface area contributed by atoms with Gasteiger partial charge in [0.25, 0.3) is 0 Å². The highest BCUT2D eigenvalue weighted by Crippen LogP contribution is 2.44. The molecule has 446 valence electrons. The number of alkyl halides is 10. The highest BCUT2D eigenvalue weighted by atomic mass is 79.9. The fourth-order valence-corrected chi connectivity index (χ4v) is 12.6. The summed E-state index contributed by atoms with van der Waals surface area (Å²) in [5.74, 6) is -11.5. The molecule has 2 aromatic carbocycles. The summed E-state index contributed by atoms with van der Waals surface area (Å²) in [7, 11) is -0.727. The first-order valence-electron chi connectivity index (χ1n) is 25.1. The number of hydrogen-bond donors (Lipinski definition) is 0. The minimum Gasteiger partial charge on any atom is -0.577 e. The van der Waals surface area contributed by atoms with Crippen molar-refractivity contribution in [1.29, 1.82) is 0 Å². The van der Waals surface area contributed by atoms with Gasteiger partial charge in [-0.15, -0.1) is 22.7 Å². The Bertz CT molecular complexity index is 3350. The second-order valence-corrected chi connectivity index (χ2v) is 23.8. The molecule has 5 aliphatic heterocycles. The Hall–Kier alpha value is -5.01. The maximum atomic E-state index is 14.6. The van der Waals surface area contributed by atoms with Gasteiger partial charge in [-0.2, -0.15) is 43.9 Å². The topological polar surface area (TPSA) is 122 Å². The Morgan fingerprint density at radius 1 is 0.627 bits per heavy atom. The van der Waals surface area contributed by atoms with Gasteiger partial charge >= 0.3 is 31.3 Å². The summed E-state index contributed by atoms with van der Waals surface area (Å²) in [6, 6.07) is 8.46. The SMILES string of the molecule is FC(F)(F)C(F)(F)CN1CC2COCC(C1)C2Oc1ncnc2c(Br)csc12.[C-]#[N+]c1ccc(-c2csc3c(OC4C5COCC4CN(CC(F)(F)C(F)(F)F)C5)ncnc23)c(F)c1.[C-]#[N+]c1ccc(B2OC(C)(C)C(C)(C)O2)c(F)c1.[PH2-]. The highest BCUT2D eigenvalue weighted by Gasteiger charge is 2.60.